The van der Waals surface area contributed by atoms with Gasteiger partial charge in [0.25, 0.3) is 0 Å². The van der Waals surface area contributed by atoms with Crippen LogP contribution in [0, 0.1) is 0 Å². The van der Waals surface area contributed by atoms with E-state index < -0.39 is 6.04 Å². The van der Waals surface area contributed by atoms with Crippen LogP contribution in [-0.4, -0.2) is 41.7 Å². The van der Waals surface area contributed by atoms with Gasteiger partial charge >= 0.3 is 0 Å². The number of aliphatic hydroxyl groups excluding tert-OH is 1. The average molecular weight is 262 g/mol. The van der Waals surface area contributed by atoms with Crippen LogP contribution in [0.5, 0.6) is 0 Å². The second-order valence-electron chi connectivity index (χ2n) is 4.43. The third-order valence-electron chi connectivity index (χ3n) is 2.94. The molecule has 0 radical (unpaired) electrons. The number of rotatable bonds is 8. The lowest BCUT2D eigenvalue weighted by atomic mass is 10.0. The first-order valence-corrected chi connectivity index (χ1v) is 6.49. The highest BCUT2D eigenvalue weighted by atomic mass is 16.3. The number of aryl methyl sites for hydroxylation is 1. The first-order valence-electron chi connectivity index (χ1n) is 6.49. The molecule has 1 amide bonds. The molecule has 0 bridgehead atoms. The standard InChI is InChI=1S/C15H22N2O2/c1-2-10-17(11-12-18)15(19)14(16)9-8-13-6-4-3-5-7-13/h2-7,14,18H,1,8-12,16H2. The molecule has 0 saturated carbocycles. The minimum Gasteiger partial charge on any atom is -0.395 e. The van der Waals surface area contributed by atoms with Gasteiger partial charge in [0.05, 0.1) is 12.6 Å². The van der Waals surface area contributed by atoms with Crippen molar-refractivity contribution in [2.75, 3.05) is 19.7 Å². The topological polar surface area (TPSA) is 66.6 Å². The number of carbonyl (C=O) groups is 1. The molecule has 1 unspecified atom stereocenters. The maximum atomic E-state index is 12.1. The second-order valence-corrected chi connectivity index (χ2v) is 4.43. The van der Waals surface area contributed by atoms with Crippen molar-refractivity contribution in [3.05, 3.63) is 48.6 Å². The molecule has 4 heteroatoms. The van der Waals surface area contributed by atoms with E-state index in [-0.39, 0.29) is 12.5 Å². The summed E-state index contributed by atoms with van der Waals surface area (Å²) in [5.74, 6) is -0.134. The lowest BCUT2D eigenvalue weighted by Gasteiger charge is -2.23. The van der Waals surface area contributed by atoms with Crippen LogP contribution in [0.25, 0.3) is 0 Å². The van der Waals surface area contributed by atoms with E-state index in [0.29, 0.717) is 19.5 Å². The summed E-state index contributed by atoms with van der Waals surface area (Å²) >= 11 is 0. The molecule has 3 N–H and O–H groups in total. The molecule has 1 rings (SSSR count). The van der Waals surface area contributed by atoms with Gasteiger partial charge in [-0.05, 0) is 18.4 Å². The van der Waals surface area contributed by atoms with Crippen LogP contribution >= 0.6 is 0 Å². The molecular formula is C15H22N2O2. The quantitative estimate of drug-likeness (QED) is 0.686. The van der Waals surface area contributed by atoms with E-state index in [2.05, 4.69) is 6.58 Å². The number of nitrogens with two attached hydrogens (primary N) is 1. The molecule has 0 spiro atoms. The normalized spacial score (nSPS) is 11.9. The summed E-state index contributed by atoms with van der Waals surface area (Å²) in [6, 6.07) is 9.41. The molecule has 4 nitrogen and oxygen atoms in total. The first-order chi connectivity index (χ1) is 9.19. The average Bonchev–Trinajstić information content (AvgIpc) is 2.45. The SMILES string of the molecule is C=CCN(CCO)C(=O)C(N)CCc1ccccc1. The molecular weight excluding hydrogens is 240 g/mol. The van der Waals surface area contributed by atoms with Gasteiger partial charge in [-0.25, -0.2) is 0 Å². The fourth-order valence-corrected chi connectivity index (χ4v) is 1.89. The Kier molecular flexibility index (Phi) is 6.85. The molecule has 0 saturated heterocycles. The Balaban J connectivity index is 2.48. The molecule has 0 heterocycles. The van der Waals surface area contributed by atoms with Crippen LogP contribution in [0.4, 0.5) is 0 Å². The van der Waals surface area contributed by atoms with Gasteiger partial charge in [-0.1, -0.05) is 36.4 Å². The molecule has 104 valence electrons. The van der Waals surface area contributed by atoms with Gasteiger partial charge in [-0.15, -0.1) is 6.58 Å². The smallest absolute Gasteiger partial charge is 0.239 e. The minimum absolute atomic E-state index is 0.0645. The second kappa shape index (κ2) is 8.45. The highest BCUT2D eigenvalue weighted by Crippen LogP contribution is 2.06. The highest BCUT2D eigenvalue weighted by molar-refractivity contribution is 5.81. The van der Waals surface area contributed by atoms with Gasteiger partial charge in [0.1, 0.15) is 0 Å². The van der Waals surface area contributed by atoms with E-state index in [9.17, 15) is 4.79 Å². The third kappa shape index (κ3) is 5.24. The number of aliphatic hydroxyl groups is 1. The zero-order valence-corrected chi connectivity index (χ0v) is 11.2. The predicted molar refractivity (Wildman–Crippen MR) is 76.6 cm³/mol. The maximum absolute atomic E-state index is 12.1. The van der Waals surface area contributed by atoms with Gasteiger partial charge in [-0.2, -0.15) is 0 Å². The van der Waals surface area contributed by atoms with Gasteiger partial charge in [0.2, 0.25) is 5.91 Å². The van der Waals surface area contributed by atoms with Crippen molar-refractivity contribution >= 4 is 5.91 Å². The van der Waals surface area contributed by atoms with Crippen molar-refractivity contribution in [1.29, 1.82) is 0 Å². The lowest BCUT2D eigenvalue weighted by molar-refractivity contribution is -0.132. The Morgan fingerprint density at radius 1 is 1.42 bits per heavy atom. The molecule has 0 aliphatic carbocycles. The predicted octanol–water partition coefficient (Wildman–Crippen LogP) is 0.953. The Morgan fingerprint density at radius 3 is 2.68 bits per heavy atom. The highest BCUT2D eigenvalue weighted by Gasteiger charge is 2.19. The van der Waals surface area contributed by atoms with E-state index in [0.717, 1.165) is 6.42 Å². The zero-order chi connectivity index (χ0) is 14.1. The van der Waals surface area contributed by atoms with E-state index in [1.807, 2.05) is 30.3 Å². The zero-order valence-electron chi connectivity index (χ0n) is 11.2. The van der Waals surface area contributed by atoms with Crippen molar-refractivity contribution in [2.24, 2.45) is 5.73 Å². The van der Waals surface area contributed by atoms with Gasteiger partial charge in [0, 0.05) is 13.1 Å². The molecule has 0 aliphatic heterocycles. The third-order valence-corrected chi connectivity index (χ3v) is 2.94. The molecule has 0 fully saturated rings. The summed E-state index contributed by atoms with van der Waals surface area (Å²) < 4.78 is 0. The number of hydrogen-bond acceptors (Lipinski definition) is 3. The number of benzene rings is 1. The maximum Gasteiger partial charge on any atom is 0.239 e. The number of hydrogen-bond donors (Lipinski definition) is 2. The van der Waals surface area contributed by atoms with E-state index in [1.54, 1.807) is 6.08 Å². The van der Waals surface area contributed by atoms with Gasteiger partial charge in [0.15, 0.2) is 0 Å². The molecule has 1 aromatic rings. The van der Waals surface area contributed by atoms with Crippen molar-refractivity contribution in [1.82, 2.24) is 4.90 Å². The first kappa shape index (κ1) is 15.4. The van der Waals surface area contributed by atoms with Gasteiger partial charge in [-0.3, -0.25) is 4.79 Å². The van der Waals surface area contributed by atoms with Gasteiger partial charge < -0.3 is 15.7 Å². The van der Waals surface area contributed by atoms with Crippen molar-refractivity contribution < 1.29 is 9.90 Å². The van der Waals surface area contributed by atoms with Crippen LogP contribution in [0.15, 0.2) is 43.0 Å². The molecule has 19 heavy (non-hydrogen) atoms. The number of amides is 1. The summed E-state index contributed by atoms with van der Waals surface area (Å²) in [5, 5.41) is 8.93. The Labute approximate surface area is 114 Å². The minimum atomic E-state index is -0.535. The molecule has 1 aromatic carbocycles. The summed E-state index contributed by atoms with van der Waals surface area (Å²) in [5.41, 5.74) is 7.09. The summed E-state index contributed by atoms with van der Waals surface area (Å²) in [4.78, 5) is 13.6. The van der Waals surface area contributed by atoms with Crippen LogP contribution in [0.2, 0.25) is 0 Å². The fraction of sp³-hybridized carbons (Fsp3) is 0.400. The van der Waals surface area contributed by atoms with E-state index in [1.165, 1.54) is 10.5 Å². The lowest BCUT2D eigenvalue weighted by Crippen LogP contribution is -2.45. The molecule has 1 atom stereocenters. The van der Waals surface area contributed by atoms with Crippen LogP contribution in [0.3, 0.4) is 0 Å². The monoisotopic (exact) mass is 262 g/mol. The molecule has 0 aromatic heterocycles. The Bertz CT molecular complexity index is 392. The van der Waals surface area contributed by atoms with Crippen molar-refractivity contribution in [3.63, 3.8) is 0 Å². The van der Waals surface area contributed by atoms with Crippen LogP contribution in [0.1, 0.15) is 12.0 Å². The number of carbonyl (C=O) groups excluding carboxylic acids is 1. The van der Waals surface area contributed by atoms with E-state index >= 15 is 0 Å². The summed E-state index contributed by atoms with van der Waals surface area (Å²) in [7, 11) is 0. The van der Waals surface area contributed by atoms with E-state index in [4.69, 9.17) is 10.8 Å². The van der Waals surface area contributed by atoms with Crippen molar-refractivity contribution in [2.45, 2.75) is 18.9 Å². The van der Waals surface area contributed by atoms with Crippen molar-refractivity contribution in [3.8, 4) is 0 Å². The Morgan fingerprint density at radius 2 is 2.11 bits per heavy atom. The largest absolute Gasteiger partial charge is 0.395 e. The summed E-state index contributed by atoms with van der Waals surface area (Å²) in [6.07, 6.45) is 3.01. The summed E-state index contributed by atoms with van der Waals surface area (Å²) in [6.45, 7) is 4.25. The Hall–Kier alpha value is -1.65. The number of nitrogens with zero attached hydrogens (tertiary/aromatic N) is 1. The molecule has 0 aliphatic rings. The van der Waals surface area contributed by atoms with Crippen LogP contribution < -0.4 is 5.73 Å². The van der Waals surface area contributed by atoms with Crippen LogP contribution in [-0.2, 0) is 11.2 Å². The fourth-order valence-electron chi connectivity index (χ4n) is 1.89.